The Morgan fingerprint density at radius 3 is 2.62 bits per heavy atom. The maximum atomic E-state index is 5.71. The summed E-state index contributed by atoms with van der Waals surface area (Å²) in [5.74, 6) is 2.09. The zero-order valence-electron chi connectivity index (χ0n) is 13.2. The van der Waals surface area contributed by atoms with Gasteiger partial charge in [0.05, 0.1) is 17.8 Å². The molecule has 0 fully saturated rings. The lowest BCUT2D eigenvalue weighted by atomic mass is 10.0. The van der Waals surface area contributed by atoms with Crippen molar-refractivity contribution in [2.75, 3.05) is 11.9 Å². The van der Waals surface area contributed by atoms with Gasteiger partial charge in [0.15, 0.2) is 0 Å². The van der Waals surface area contributed by atoms with Gasteiger partial charge in [-0.2, -0.15) is 5.10 Å². The zero-order chi connectivity index (χ0) is 15.0. The molecule has 0 aliphatic carbocycles. The van der Waals surface area contributed by atoms with Crippen LogP contribution in [0.1, 0.15) is 43.1 Å². The summed E-state index contributed by atoms with van der Waals surface area (Å²) in [5.41, 5.74) is 3.64. The van der Waals surface area contributed by atoms with E-state index in [0.29, 0.717) is 6.04 Å². The molecule has 112 valence electrons. The second-order valence-corrected chi connectivity index (χ2v) is 5.97. The molecule has 3 rings (SSSR count). The summed E-state index contributed by atoms with van der Waals surface area (Å²) >= 11 is 0. The van der Waals surface area contributed by atoms with Crippen LogP contribution in [0, 0.1) is 13.8 Å². The molecule has 0 radical (unpaired) electrons. The molecule has 1 unspecified atom stereocenters. The highest BCUT2D eigenvalue weighted by Crippen LogP contribution is 2.33. The normalized spacial score (nSPS) is 17.5. The molecule has 1 aromatic carbocycles. The quantitative estimate of drug-likeness (QED) is 0.934. The van der Waals surface area contributed by atoms with Gasteiger partial charge in [-0.25, -0.2) is 4.68 Å². The summed E-state index contributed by atoms with van der Waals surface area (Å²) < 4.78 is 7.85. The van der Waals surface area contributed by atoms with Gasteiger partial charge >= 0.3 is 0 Å². The van der Waals surface area contributed by atoms with E-state index in [1.54, 1.807) is 0 Å². The van der Waals surface area contributed by atoms with Crippen molar-refractivity contribution in [3.05, 3.63) is 41.1 Å². The summed E-state index contributed by atoms with van der Waals surface area (Å²) in [6.07, 6.45) is 1.26. The number of aryl methyl sites for hydroxylation is 1. The number of rotatable bonds is 3. The van der Waals surface area contributed by atoms with Gasteiger partial charge in [-0.3, -0.25) is 0 Å². The number of anilines is 1. The van der Waals surface area contributed by atoms with E-state index in [4.69, 9.17) is 9.84 Å². The molecule has 2 heterocycles. The molecule has 4 heteroatoms. The van der Waals surface area contributed by atoms with E-state index in [0.717, 1.165) is 30.2 Å². The Hall–Kier alpha value is -1.97. The number of ether oxygens (including phenoxy) is 1. The van der Waals surface area contributed by atoms with Crippen LogP contribution < -0.4 is 10.1 Å². The average molecular weight is 285 g/mol. The van der Waals surface area contributed by atoms with Crippen molar-refractivity contribution in [3.8, 4) is 5.75 Å². The first kappa shape index (κ1) is 14.0. The molecule has 21 heavy (non-hydrogen) atoms. The largest absolute Gasteiger partial charge is 0.491 e. The summed E-state index contributed by atoms with van der Waals surface area (Å²) in [5, 5.41) is 8.17. The van der Waals surface area contributed by atoms with Crippen molar-refractivity contribution in [2.24, 2.45) is 0 Å². The number of nitrogens with zero attached hydrogens (tertiary/aromatic N) is 2. The van der Waals surface area contributed by atoms with Crippen LogP contribution in [-0.4, -0.2) is 22.4 Å². The molecule has 2 aromatic rings. The van der Waals surface area contributed by atoms with Gasteiger partial charge < -0.3 is 10.1 Å². The van der Waals surface area contributed by atoms with E-state index < -0.39 is 0 Å². The molecular formula is C17H23N3O. The predicted octanol–water partition coefficient (Wildman–Crippen LogP) is 3.69. The molecule has 0 bridgehead atoms. The maximum Gasteiger partial charge on any atom is 0.128 e. The van der Waals surface area contributed by atoms with Crippen molar-refractivity contribution in [3.63, 3.8) is 0 Å². The lowest BCUT2D eigenvalue weighted by molar-refractivity contribution is 0.242. The fourth-order valence-electron chi connectivity index (χ4n) is 2.87. The summed E-state index contributed by atoms with van der Waals surface area (Å²) in [6.45, 7) is 9.27. The highest BCUT2D eigenvalue weighted by Gasteiger charge is 2.24. The van der Waals surface area contributed by atoms with Crippen LogP contribution in [0.25, 0.3) is 0 Å². The van der Waals surface area contributed by atoms with E-state index in [1.807, 2.05) is 13.8 Å². The van der Waals surface area contributed by atoms with Crippen LogP contribution in [0.5, 0.6) is 5.75 Å². The van der Waals surface area contributed by atoms with E-state index in [2.05, 4.69) is 48.1 Å². The third kappa shape index (κ3) is 2.62. The van der Waals surface area contributed by atoms with Crippen LogP contribution in [-0.2, 0) is 0 Å². The van der Waals surface area contributed by atoms with Gasteiger partial charge in [-0.15, -0.1) is 0 Å². The molecule has 0 spiro atoms. The fraction of sp³-hybridized carbons (Fsp3) is 0.471. The molecule has 1 aromatic heterocycles. The summed E-state index contributed by atoms with van der Waals surface area (Å²) in [7, 11) is 0. The third-order valence-electron chi connectivity index (χ3n) is 4.03. The fourth-order valence-corrected chi connectivity index (χ4v) is 2.87. The lowest BCUT2D eigenvalue weighted by Gasteiger charge is -2.26. The highest BCUT2D eigenvalue weighted by atomic mass is 16.5. The smallest absolute Gasteiger partial charge is 0.128 e. The van der Waals surface area contributed by atoms with Gasteiger partial charge in [0.25, 0.3) is 0 Å². The Morgan fingerprint density at radius 1 is 1.24 bits per heavy atom. The van der Waals surface area contributed by atoms with Crippen molar-refractivity contribution in [1.29, 1.82) is 0 Å². The maximum absolute atomic E-state index is 5.71. The first-order chi connectivity index (χ1) is 10.1. The Balaban J connectivity index is 1.90. The van der Waals surface area contributed by atoms with Gasteiger partial charge in [-0.05, 0) is 51.8 Å². The van der Waals surface area contributed by atoms with Gasteiger partial charge in [0.1, 0.15) is 11.6 Å². The standard InChI is InChI=1S/C17H23N3O/c1-11(2)21-15-7-5-14(6-8-15)16-9-10-18-17-12(3)13(4)19-20(16)17/h5-8,11,16,18H,9-10H2,1-4H3. The third-order valence-corrected chi connectivity index (χ3v) is 4.03. The van der Waals surface area contributed by atoms with Crippen molar-refractivity contribution >= 4 is 5.82 Å². The highest BCUT2D eigenvalue weighted by molar-refractivity contribution is 5.49. The summed E-state index contributed by atoms with van der Waals surface area (Å²) in [4.78, 5) is 0. The van der Waals surface area contributed by atoms with E-state index in [-0.39, 0.29) is 6.10 Å². The summed E-state index contributed by atoms with van der Waals surface area (Å²) in [6, 6.07) is 8.73. The Kier molecular flexibility index (Phi) is 3.62. The average Bonchev–Trinajstić information content (AvgIpc) is 2.75. The van der Waals surface area contributed by atoms with Crippen molar-refractivity contribution in [1.82, 2.24) is 9.78 Å². The van der Waals surface area contributed by atoms with Crippen LogP contribution in [0.4, 0.5) is 5.82 Å². The Labute approximate surface area is 126 Å². The van der Waals surface area contributed by atoms with E-state index >= 15 is 0 Å². The van der Waals surface area contributed by atoms with Crippen LogP contribution in [0.2, 0.25) is 0 Å². The number of benzene rings is 1. The number of fused-ring (bicyclic) bond motifs is 1. The van der Waals surface area contributed by atoms with Crippen LogP contribution >= 0.6 is 0 Å². The first-order valence-electron chi connectivity index (χ1n) is 7.62. The molecule has 1 atom stereocenters. The number of hydrogen-bond acceptors (Lipinski definition) is 3. The number of nitrogens with one attached hydrogen (secondary N) is 1. The molecule has 1 aliphatic rings. The van der Waals surface area contributed by atoms with Crippen LogP contribution in [0.3, 0.4) is 0 Å². The molecule has 0 amide bonds. The minimum Gasteiger partial charge on any atom is -0.491 e. The molecule has 0 saturated heterocycles. The lowest BCUT2D eigenvalue weighted by Crippen LogP contribution is -2.24. The predicted molar refractivity (Wildman–Crippen MR) is 85.2 cm³/mol. The van der Waals surface area contributed by atoms with Gasteiger partial charge in [0.2, 0.25) is 0 Å². The molecular weight excluding hydrogens is 262 g/mol. The van der Waals surface area contributed by atoms with Crippen LogP contribution in [0.15, 0.2) is 24.3 Å². The molecule has 1 aliphatic heterocycles. The van der Waals surface area contributed by atoms with Gasteiger partial charge in [0, 0.05) is 12.1 Å². The molecule has 1 N–H and O–H groups in total. The number of hydrogen-bond donors (Lipinski definition) is 1. The minimum absolute atomic E-state index is 0.206. The SMILES string of the molecule is Cc1nn2c(c1C)NCCC2c1ccc(OC(C)C)cc1. The second-order valence-electron chi connectivity index (χ2n) is 5.97. The Bertz CT molecular complexity index is 628. The Morgan fingerprint density at radius 2 is 1.95 bits per heavy atom. The van der Waals surface area contributed by atoms with Crippen molar-refractivity contribution in [2.45, 2.75) is 46.3 Å². The number of aromatic nitrogens is 2. The molecule has 0 saturated carbocycles. The van der Waals surface area contributed by atoms with E-state index in [9.17, 15) is 0 Å². The topological polar surface area (TPSA) is 39.1 Å². The van der Waals surface area contributed by atoms with Crippen molar-refractivity contribution < 1.29 is 4.74 Å². The van der Waals surface area contributed by atoms with Gasteiger partial charge in [-0.1, -0.05) is 12.1 Å². The molecule has 4 nitrogen and oxygen atoms in total. The second kappa shape index (κ2) is 5.43. The minimum atomic E-state index is 0.206. The van der Waals surface area contributed by atoms with E-state index in [1.165, 1.54) is 11.1 Å². The first-order valence-corrected chi connectivity index (χ1v) is 7.62. The zero-order valence-corrected chi connectivity index (χ0v) is 13.2. The monoisotopic (exact) mass is 285 g/mol.